The number of aromatic nitrogens is 1. The molecule has 0 unspecified atom stereocenters. The summed E-state index contributed by atoms with van der Waals surface area (Å²) >= 11 is 3.34. The number of benzene rings is 1. The van der Waals surface area contributed by atoms with Crippen LogP contribution in [0.1, 0.15) is 0 Å². The van der Waals surface area contributed by atoms with Crippen LogP contribution in [0.5, 0.6) is 0 Å². The molecule has 2 aromatic rings. The zero-order chi connectivity index (χ0) is 11.5. The van der Waals surface area contributed by atoms with Crippen molar-refractivity contribution in [2.24, 2.45) is 0 Å². The summed E-state index contributed by atoms with van der Waals surface area (Å²) in [6, 6.07) is 7.79. The molecule has 5 heteroatoms. The highest BCUT2D eigenvalue weighted by Crippen LogP contribution is 2.25. The average Bonchev–Trinajstić information content (AvgIpc) is 2.25. The smallest absolute Gasteiger partial charge is 0.144 e. The molecule has 1 aromatic carbocycles. The van der Waals surface area contributed by atoms with Gasteiger partial charge in [0.05, 0.1) is 16.4 Å². The SMILES string of the molecule is Nc1cnc(Nc2ccc(F)cc2)c(Br)c1. The lowest BCUT2D eigenvalue weighted by molar-refractivity contribution is 0.628. The third-order valence-corrected chi connectivity index (χ3v) is 2.57. The highest BCUT2D eigenvalue weighted by Gasteiger charge is 2.02. The Labute approximate surface area is 101 Å². The first kappa shape index (κ1) is 10.9. The number of hydrogen-bond acceptors (Lipinski definition) is 3. The van der Waals surface area contributed by atoms with E-state index in [0.717, 1.165) is 10.2 Å². The van der Waals surface area contributed by atoms with Crippen LogP contribution in [0.15, 0.2) is 41.0 Å². The molecule has 3 nitrogen and oxygen atoms in total. The van der Waals surface area contributed by atoms with Gasteiger partial charge in [0.25, 0.3) is 0 Å². The van der Waals surface area contributed by atoms with Crippen LogP contribution >= 0.6 is 15.9 Å². The quantitative estimate of drug-likeness (QED) is 0.888. The van der Waals surface area contributed by atoms with Gasteiger partial charge in [0, 0.05) is 5.69 Å². The molecule has 16 heavy (non-hydrogen) atoms. The van der Waals surface area contributed by atoms with E-state index < -0.39 is 0 Å². The minimum atomic E-state index is -0.269. The second kappa shape index (κ2) is 4.49. The second-order valence-electron chi connectivity index (χ2n) is 3.23. The summed E-state index contributed by atoms with van der Waals surface area (Å²) in [6.45, 7) is 0. The van der Waals surface area contributed by atoms with E-state index in [1.54, 1.807) is 24.4 Å². The van der Waals surface area contributed by atoms with Crippen LogP contribution in [-0.2, 0) is 0 Å². The van der Waals surface area contributed by atoms with Crippen molar-refractivity contribution in [2.45, 2.75) is 0 Å². The van der Waals surface area contributed by atoms with Gasteiger partial charge in [-0.15, -0.1) is 0 Å². The van der Waals surface area contributed by atoms with Crippen molar-refractivity contribution >= 4 is 33.1 Å². The van der Waals surface area contributed by atoms with Gasteiger partial charge >= 0.3 is 0 Å². The molecule has 0 aliphatic rings. The van der Waals surface area contributed by atoms with Gasteiger partial charge in [-0.05, 0) is 46.3 Å². The van der Waals surface area contributed by atoms with E-state index in [9.17, 15) is 4.39 Å². The van der Waals surface area contributed by atoms with Crippen molar-refractivity contribution < 1.29 is 4.39 Å². The number of hydrogen-bond donors (Lipinski definition) is 2. The number of rotatable bonds is 2. The minimum absolute atomic E-state index is 0.269. The van der Waals surface area contributed by atoms with Crippen molar-refractivity contribution in [1.29, 1.82) is 0 Å². The van der Waals surface area contributed by atoms with Crippen LogP contribution in [-0.4, -0.2) is 4.98 Å². The predicted octanol–water partition coefficient (Wildman–Crippen LogP) is 3.31. The fraction of sp³-hybridized carbons (Fsp3) is 0. The lowest BCUT2D eigenvalue weighted by atomic mass is 10.3. The monoisotopic (exact) mass is 281 g/mol. The van der Waals surface area contributed by atoms with Gasteiger partial charge in [0.15, 0.2) is 0 Å². The molecular weight excluding hydrogens is 273 g/mol. The molecule has 3 N–H and O–H groups in total. The van der Waals surface area contributed by atoms with Crippen LogP contribution < -0.4 is 11.1 Å². The van der Waals surface area contributed by atoms with Gasteiger partial charge in [-0.1, -0.05) is 0 Å². The van der Waals surface area contributed by atoms with Crippen molar-refractivity contribution in [3.8, 4) is 0 Å². The lowest BCUT2D eigenvalue weighted by Gasteiger charge is -2.07. The summed E-state index contributed by atoms with van der Waals surface area (Å²) in [4.78, 5) is 4.12. The van der Waals surface area contributed by atoms with Crippen LogP contribution in [0, 0.1) is 5.82 Å². The van der Waals surface area contributed by atoms with Gasteiger partial charge in [-0.25, -0.2) is 9.37 Å². The molecule has 0 aliphatic heterocycles. The molecule has 1 aromatic heterocycles. The number of nitrogen functional groups attached to an aromatic ring is 1. The molecule has 0 saturated heterocycles. The summed E-state index contributed by atoms with van der Waals surface area (Å²) in [5.41, 5.74) is 6.91. The normalized spacial score (nSPS) is 10.1. The molecular formula is C11H9BrFN3. The molecule has 0 aliphatic carbocycles. The molecule has 0 amide bonds. The molecule has 0 radical (unpaired) electrons. The molecule has 1 heterocycles. The number of nitrogens with two attached hydrogens (primary N) is 1. The van der Waals surface area contributed by atoms with E-state index in [1.807, 2.05) is 0 Å². The van der Waals surface area contributed by atoms with E-state index in [4.69, 9.17) is 5.73 Å². The number of nitrogens with one attached hydrogen (secondary N) is 1. The van der Waals surface area contributed by atoms with Crippen molar-refractivity contribution in [3.63, 3.8) is 0 Å². The van der Waals surface area contributed by atoms with Crippen LogP contribution in [0.3, 0.4) is 0 Å². The van der Waals surface area contributed by atoms with Crippen molar-refractivity contribution in [2.75, 3.05) is 11.1 Å². The molecule has 0 fully saturated rings. The number of anilines is 3. The van der Waals surface area contributed by atoms with Crippen molar-refractivity contribution in [3.05, 3.63) is 46.8 Å². The topological polar surface area (TPSA) is 50.9 Å². The second-order valence-corrected chi connectivity index (χ2v) is 4.09. The Balaban J connectivity index is 2.23. The van der Waals surface area contributed by atoms with Gasteiger partial charge in [-0.3, -0.25) is 0 Å². The van der Waals surface area contributed by atoms with Gasteiger partial charge in [0.1, 0.15) is 11.6 Å². The maximum atomic E-state index is 12.7. The highest BCUT2D eigenvalue weighted by molar-refractivity contribution is 9.10. The maximum Gasteiger partial charge on any atom is 0.144 e. The fourth-order valence-corrected chi connectivity index (χ4v) is 1.68. The van der Waals surface area contributed by atoms with E-state index in [0.29, 0.717) is 11.5 Å². The molecule has 0 bridgehead atoms. The maximum absolute atomic E-state index is 12.7. The molecule has 0 spiro atoms. The summed E-state index contributed by atoms with van der Waals surface area (Å²) in [7, 11) is 0. The summed E-state index contributed by atoms with van der Waals surface area (Å²) in [5, 5.41) is 3.05. The fourth-order valence-electron chi connectivity index (χ4n) is 1.21. The Hall–Kier alpha value is -1.62. The molecule has 0 atom stereocenters. The van der Waals surface area contributed by atoms with E-state index in [-0.39, 0.29) is 5.82 Å². The Kier molecular flexibility index (Phi) is 3.05. The molecule has 82 valence electrons. The van der Waals surface area contributed by atoms with Gasteiger partial charge in [-0.2, -0.15) is 0 Å². The zero-order valence-electron chi connectivity index (χ0n) is 8.24. The zero-order valence-corrected chi connectivity index (χ0v) is 9.83. The standard InChI is InChI=1S/C11H9BrFN3/c12-10-5-8(14)6-15-11(10)16-9-3-1-7(13)2-4-9/h1-6H,14H2,(H,15,16). The third kappa shape index (κ3) is 2.49. The predicted molar refractivity (Wildman–Crippen MR) is 66.0 cm³/mol. The van der Waals surface area contributed by atoms with Crippen molar-refractivity contribution in [1.82, 2.24) is 4.98 Å². The average molecular weight is 282 g/mol. The van der Waals surface area contributed by atoms with Crippen LogP contribution in [0.4, 0.5) is 21.6 Å². The Morgan fingerprint density at radius 2 is 1.94 bits per heavy atom. The Morgan fingerprint density at radius 3 is 2.56 bits per heavy atom. The first-order chi connectivity index (χ1) is 7.65. The number of nitrogens with zero attached hydrogens (tertiary/aromatic N) is 1. The lowest BCUT2D eigenvalue weighted by Crippen LogP contribution is -1.96. The summed E-state index contributed by atoms with van der Waals surface area (Å²) < 4.78 is 13.4. The first-order valence-electron chi connectivity index (χ1n) is 4.59. The highest BCUT2D eigenvalue weighted by atomic mass is 79.9. The van der Waals surface area contributed by atoms with Crippen LogP contribution in [0.2, 0.25) is 0 Å². The molecule has 0 saturated carbocycles. The van der Waals surface area contributed by atoms with E-state index >= 15 is 0 Å². The largest absolute Gasteiger partial charge is 0.397 e. The Bertz CT molecular complexity index is 499. The Morgan fingerprint density at radius 1 is 1.25 bits per heavy atom. The van der Waals surface area contributed by atoms with E-state index in [2.05, 4.69) is 26.2 Å². The third-order valence-electron chi connectivity index (χ3n) is 1.97. The number of halogens is 2. The molecule has 2 rings (SSSR count). The van der Waals surface area contributed by atoms with Crippen LogP contribution in [0.25, 0.3) is 0 Å². The first-order valence-corrected chi connectivity index (χ1v) is 5.38. The summed E-state index contributed by atoms with van der Waals surface area (Å²) in [6.07, 6.45) is 1.55. The number of pyridine rings is 1. The minimum Gasteiger partial charge on any atom is -0.397 e. The van der Waals surface area contributed by atoms with Gasteiger partial charge < -0.3 is 11.1 Å². The van der Waals surface area contributed by atoms with Gasteiger partial charge in [0.2, 0.25) is 0 Å². The summed E-state index contributed by atoms with van der Waals surface area (Å²) in [5.74, 6) is 0.371. The van der Waals surface area contributed by atoms with E-state index in [1.165, 1.54) is 12.1 Å².